The Kier molecular flexibility index (Phi) is 7.89. The molecule has 0 unspecified atom stereocenters. The zero-order chi connectivity index (χ0) is 23.3. The Bertz CT molecular complexity index is 844. The Morgan fingerprint density at radius 2 is 1.97 bits per heavy atom. The molecule has 3 aliphatic rings. The van der Waals surface area contributed by atoms with E-state index in [0.717, 1.165) is 39.3 Å². The molecule has 176 valence electrons. The lowest BCUT2D eigenvalue weighted by molar-refractivity contribution is -0.149. The molecule has 0 aromatic carbocycles. The van der Waals surface area contributed by atoms with Gasteiger partial charge in [-0.25, -0.2) is 0 Å². The van der Waals surface area contributed by atoms with Crippen LogP contribution < -0.4 is 20.1 Å². The number of ether oxygens (including phenoxy) is 2. The molecule has 3 aliphatic heterocycles. The Balaban J connectivity index is 0.000000668. The van der Waals surface area contributed by atoms with Crippen LogP contribution in [-0.2, 0) is 9.59 Å². The molecule has 4 heterocycles. The fraction of sp³-hybridized carbons (Fsp3) is 0.636. The molecule has 1 aromatic heterocycles. The zero-order valence-corrected chi connectivity index (χ0v) is 18.8. The summed E-state index contributed by atoms with van der Waals surface area (Å²) in [7, 11) is 2.99. The number of carbonyl (C=O) groups excluding carboxylic acids is 2. The maximum Gasteiger partial charge on any atom is 0.300 e. The van der Waals surface area contributed by atoms with E-state index >= 15 is 0 Å². The van der Waals surface area contributed by atoms with E-state index in [-0.39, 0.29) is 23.7 Å². The van der Waals surface area contributed by atoms with Gasteiger partial charge in [-0.05, 0) is 43.7 Å². The van der Waals surface area contributed by atoms with Crippen molar-refractivity contribution in [1.29, 1.82) is 0 Å². The molecule has 10 nitrogen and oxygen atoms in total. The highest BCUT2D eigenvalue weighted by Crippen LogP contribution is 2.39. The molecule has 10 heteroatoms. The van der Waals surface area contributed by atoms with Gasteiger partial charge in [0.25, 0.3) is 11.9 Å². The van der Waals surface area contributed by atoms with E-state index in [9.17, 15) is 9.59 Å². The normalized spacial score (nSPS) is 26.2. The largest absolute Gasteiger partial charge is 0.481 e. The Hall–Kier alpha value is -2.88. The average molecular weight is 449 g/mol. The van der Waals surface area contributed by atoms with Gasteiger partial charge in [-0.1, -0.05) is 0 Å². The number of carboxylic acids is 1. The smallest absolute Gasteiger partial charge is 0.300 e. The molecule has 0 aliphatic carbocycles. The molecule has 1 aromatic rings. The quantitative estimate of drug-likeness (QED) is 0.606. The molecule has 3 fully saturated rings. The van der Waals surface area contributed by atoms with Gasteiger partial charge in [0, 0.05) is 38.5 Å². The third kappa shape index (κ3) is 5.29. The number of hydrogen-bond donors (Lipinski definition) is 3. The summed E-state index contributed by atoms with van der Waals surface area (Å²) in [5.74, 6) is 0.664. The number of piperidine rings is 3. The molecule has 4 atom stereocenters. The van der Waals surface area contributed by atoms with Crippen molar-refractivity contribution >= 4 is 17.8 Å². The maximum absolute atomic E-state index is 12.8. The number of fused-ring (bicyclic) bond motifs is 4. The molecular formula is C22H32N4O6. The molecular weight excluding hydrogens is 416 g/mol. The molecule has 0 spiro atoms. The van der Waals surface area contributed by atoms with E-state index < -0.39 is 5.97 Å². The molecule has 32 heavy (non-hydrogen) atoms. The van der Waals surface area contributed by atoms with Crippen molar-refractivity contribution in [3.05, 3.63) is 17.7 Å². The van der Waals surface area contributed by atoms with Gasteiger partial charge < -0.3 is 30.1 Å². The summed E-state index contributed by atoms with van der Waals surface area (Å²) in [6, 6.07) is 3.61. The van der Waals surface area contributed by atoms with Gasteiger partial charge in [0.1, 0.15) is 5.56 Å². The topological polar surface area (TPSA) is 130 Å². The summed E-state index contributed by atoms with van der Waals surface area (Å²) in [6.45, 7) is 3.40. The maximum atomic E-state index is 12.8. The SMILES string of the molecule is CC(=O)O.COc1ccc(C(=O)NC[C@H]2[C@@H]3CNC[C@@H](C3)[C@@H]3CCCC(=O)N32)c(OC)n1. The van der Waals surface area contributed by atoms with Gasteiger partial charge in [-0.3, -0.25) is 14.4 Å². The molecule has 0 saturated carbocycles. The van der Waals surface area contributed by atoms with Crippen LogP contribution in [0.1, 0.15) is 43.0 Å². The van der Waals surface area contributed by atoms with Crippen molar-refractivity contribution in [3.63, 3.8) is 0 Å². The Morgan fingerprint density at radius 1 is 1.25 bits per heavy atom. The van der Waals surface area contributed by atoms with E-state index in [4.69, 9.17) is 19.4 Å². The number of methoxy groups -OCH3 is 2. The second-order valence-electron chi connectivity index (χ2n) is 8.38. The van der Waals surface area contributed by atoms with Crippen LogP contribution >= 0.6 is 0 Å². The van der Waals surface area contributed by atoms with Gasteiger partial charge in [0.15, 0.2) is 0 Å². The summed E-state index contributed by atoms with van der Waals surface area (Å²) >= 11 is 0. The van der Waals surface area contributed by atoms with Gasteiger partial charge in [-0.2, -0.15) is 4.98 Å². The third-order valence-electron chi connectivity index (χ3n) is 6.35. The highest BCUT2D eigenvalue weighted by Gasteiger charge is 2.47. The van der Waals surface area contributed by atoms with Gasteiger partial charge >= 0.3 is 0 Å². The van der Waals surface area contributed by atoms with Crippen molar-refractivity contribution in [1.82, 2.24) is 20.5 Å². The molecule has 3 N–H and O–H groups in total. The van der Waals surface area contributed by atoms with E-state index in [1.54, 1.807) is 12.1 Å². The summed E-state index contributed by atoms with van der Waals surface area (Å²) in [5.41, 5.74) is 0.361. The lowest BCUT2D eigenvalue weighted by Gasteiger charge is -2.54. The minimum atomic E-state index is -0.833. The first-order valence-electron chi connectivity index (χ1n) is 10.9. The Labute approximate surface area is 187 Å². The van der Waals surface area contributed by atoms with Crippen LogP contribution in [0.4, 0.5) is 0 Å². The number of carbonyl (C=O) groups is 3. The van der Waals surface area contributed by atoms with Crippen LogP contribution in [0, 0.1) is 11.8 Å². The first-order valence-corrected chi connectivity index (χ1v) is 10.9. The van der Waals surface area contributed by atoms with Crippen molar-refractivity contribution in [2.24, 2.45) is 11.8 Å². The molecule has 2 bridgehead atoms. The summed E-state index contributed by atoms with van der Waals surface area (Å²) < 4.78 is 10.3. The first kappa shape index (κ1) is 23.8. The monoisotopic (exact) mass is 448 g/mol. The number of nitrogens with one attached hydrogen (secondary N) is 2. The van der Waals surface area contributed by atoms with Crippen LogP contribution in [0.25, 0.3) is 0 Å². The zero-order valence-electron chi connectivity index (χ0n) is 18.8. The number of hydrogen-bond acceptors (Lipinski definition) is 7. The van der Waals surface area contributed by atoms with Crippen LogP contribution in [-0.4, -0.2) is 78.7 Å². The lowest BCUT2D eigenvalue weighted by atomic mass is 9.72. The van der Waals surface area contributed by atoms with Crippen LogP contribution in [0.5, 0.6) is 11.8 Å². The van der Waals surface area contributed by atoms with Gasteiger partial charge in [0.2, 0.25) is 17.7 Å². The second kappa shape index (κ2) is 10.6. The Morgan fingerprint density at radius 3 is 2.66 bits per heavy atom. The summed E-state index contributed by atoms with van der Waals surface area (Å²) in [5, 5.41) is 14.0. The fourth-order valence-corrected chi connectivity index (χ4v) is 5.06. The standard InChI is InChI=1S/C20H28N4O4.C2H4O2/c1-27-17-7-6-14(20(23-17)28-2)19(26)22-11-16-13-8-12(9-21-10-13)15-4-3-5-18(25)24(15)16;1-2(3)4/h6-7,12-13,15-16,21H,3-5,8-11H2,1-2H3,(H,22,26);1H3,(H,3,4)/t12-,13+,15+,16+;/m1./s1. The predicted molar refractivity (Wildman–Crippen MR) is 116 cm³/mol. The minimum absolute atomic E-state index is 0.0306. The molecule has 2 amide bonds. The fourth-order valence-electron chi connectivity index (χ4n) is 5.06. The number of pyridine rings is 1. The van der Waals surface area contributed by atoms with E-state index in [0.29, 0.717) is 42.3 Å². The molecule has 4 rings (SSSR count). The first-order chi connectivity index (χ1) is 15.3. The number of aromatic nitrogens is 1. The third-order valence-corrected chi connectivity index (χ3v) is 6.35. The lowest BCUT2D eigenvalue weighted by Crippen LogP contribution is -2.66. The predicted octanol–water partition coefficient (Wildman–Crippen LogP) is 0.909. The van der Waals surface area contributed by atoms with Crippen molar-refractivity contribution in [2.45, 2.75) is 44.7 Å². The van der Waals surface area contributed by atoms with Crippen LogP contribution in [0.3, 0.4) is 0 Å². The second-order valence-corrected chi connectivity index (χ2v) is 8.38. The van der Waals surface area contributed by atoms with Crippen molar-refractivity contribution in [3.8, 4) is 11.8 Å². The number of rotatable bonds is 5. The molecule has 0 radical (unpaired) electrons. The summed E-state index contributed by atoms with van der Waals surface area (Å²) in [6.07, 6.45) is 3.76. The average Bonchev–Trinajstić information content (AvgIpc) is 2.78. The molecule has 3 saturated heterocycles. The van der Waals surface area contributed by atoms with E-state index in [1.807, 2.05) is 0 Å². The van der Waals surface area contributed by atoms with Crippen molar-refractivity contribution in [2.75, 3.05) is 33.9 Å². The number of carboxylic acid groups (broad SMARTS) is 1. The minimum Gasteiger partial charge on any atom is -0.481 e. The number of aliphatic carboxylic acids is 1. The van der Waals surface area contributed by atoms with Gasteiger partial charge in [0.05, 0.1) is 20.3 Å². The van der Waals surface area contributed by atoms with E-state index in [1.165, 1.54) is 14.2 Å². The van der Waals surface area contributed by atoms with E-state index in [2.05, 4.69) is 20.5 Å². The summed E-state index contributed by atoms with van der Waals surface area (Å²) in [4.78, 5) is 40.8. The number of nitrogens with zero attached hydrogens (tertiary/aromatic N) is 2. The van der Waals surface area contributed by atoms with Crippen LogP contribution in [0.15, 0.2) is 12.1 Å². The highest BCUT2D eigenvalue weighted by atomic mass is 16.5. The van der Waals surface area contributed by atoms with Crippen molar-refractivity contribution < 1.29 is 29.0 Å². The van der Waals surface area contributed by atoms with Gasteiger partial charge in [-0.15, -0.1) is 0 Å². The van der Waals surface area contributed by atoms with Crippen LogP contribution in [0.2, 0.25) is 0 Å². The number of amides is 2. The highest BCUT2D eigenvalue weighted by molar-refractivity contribution is 5.96.